The summed E-state index contributed by atoms with van der Waals surface area (Å²) >= 11 is 3.45. The van der Waals surface area contributed by atoms with Crippen LogP contribution in [0.1, 0.15) is 18.4 Å². The molecule has 3 N–H and O–H groups in total. The van der Waals surface area contributed by atoms with Crippen molar-refractivity contribution in [1.29, 1.82) is 0 Å². The summed E-state index contributed by atoms with van der Waals surface area (Å²) < 4.78 is 24.4. The molecule has 0 atom stereocenters. The molecule has 6 nitrogen and oxygen atoms in total. The summed E-state index contributed by atoms with van der Waals surface area (Å²) in [6, 6.07) is 11.6. The van der Waals surface area contributed by atoms with Crippen LogP contribution in [0.15, 0.2) is 52.0 Å². The largest absolute Gasteiger partial charge is 0.366 e. The van der Waals surface area contributed by atoms with Gasteiger partial charge < -0.3 is 5.32 Å². The van der Waals surface area contributed by atoms with E-state index in [0.29, 0.717) is 5.82 Å². The van der Waals surface area contributed by atoms with Gasteiger partial charge in [-0.25, -0.2) is 18.5 Å². The Morgan fingerprint density at radius 1 is 1.20 bits per heavy atom. The fourth-order valence-electron chi connectivity index (χ4n) is 3.01. The van der Waals surface area contributed by atoms with Crippen LogP contribution in [0.2, 0.25) is 0 Å². The predicted octanol–water partition coefficient (Wildman–Crippen LogP) is 2.57. The van der Waals surface area contributed by atoms with Gasteiger partial charge in [0, 0.05) is 36.3 Å². The zero-order chi connectivity index (χ0) is 17.9. The number of pyridine rings is 1. The molecule has 0 radical (unpaired) electrons. The zero-order valence-corrected chi connectivity index (χ0v) is 16.1. The second kappa shape index (κ2) is 7.82. The van der Waals surface area contributed by atoms with E-state index in [1.807, 2.05) is 0 Å². The van der Waals surface area contributed by atoms with Crippen molar-refractivity contribution in [3.63, 3.8) is 0 Å². The normalized spacial score (nSPS) is 16.7. The van der Waals surface area contributed by atoms with Gasteiger partial charge in [-0.3, -0.25) is 4.90 Å². The van der Waals surface area contributed by atoms with Crippen molar-refractivity contribution in [2.24, 2.45) is 5.14 Å². The van der Waals surface area contributed by atoms with Crippen LogP contribution in [-0.4, -0.2) is 37.4 Å². The number of nitrogens with two attached hydrogens (primary N) is 1. The van der Waals surface area contributed by atoms with Gasteiger partial charge in [0.2, 0.25) is 10.0 Å². The second-order valence-corrected chi connectivity index (χ2v) is 8.66. The number of halogens is 1. The molecule has 134 valence electrons. The highest BCUT2D eigenvalue weighted by Crippen LogP contribution is 2.22. The van der Waals surface area contributed by atoms with Gasteiger partial charge in [-0.15, -0.1) is 0 Å². The van der Waals surface area contributed by atoms with Crippen LogP contribution in [0.5, 0.6) is 0 Å². The minimum absolute atomic E-state index is 0.0484. The Morgan fingerprint density at radius 2 is 1.88 bits per heavy atom. The van der Waals surface area contributed by atoms with E-state index in [4.69, 9.17) is 5.14 Å². The lowest BCUT2D eigenvalue weighted by Crippen LogP contribution is -2.39. The van der Waals surface area contributed by atoms with Crippen molar-refractivity contribution in [2.75, 3.05) is 18.4 Å². The van der Waals surface area contributed by atoms with Gasteiger partial charge in [-0.2, -0.15) is 0 Å². The molecule has 0 aliphatic carbocycles. The lowest BCUT2D eigenvalue weighted by Gasteiger charge is -2.32. The van der Waals surface area contributed by atoms with Crippen molar-refractivity contribution in [2.45, 2.75) is 30.3 Å². The molecule has 0 saturated carbocycles. The van der Waals surface area contributed by atoms with Crippen LogP contribution in [0.3, 0.4) is 0 Å². The molecule has 1 aromatic carbocycles. The summed E-state index contributed by atoms with van der Waals surface area (Å²) in [7, 11) is -3.78. The van der Waals surface area contributed by atoms with E-state index >= 15 is 0 Å². The first kappa shape index (κ1) is 18.3. The fraction of sp³-hybridized carbons (Fsp3) is 0.353. The number of primary sulfonamides is 1. The first-order valence-corrected chi connectivity index (χ1v) is 10.5. The molecule has 8 heteroatoms. The minimum Gasteiger partial charge on any atom is -0.366 e. The Morgan fingerprint density at radius 3 is 2.52 bits per heavy atom. The number of sulfonamides is 1. The van der Waals surface area contributed by atoms with Crippen LogP contribution in [-0.2, 0) is 16.6 Å². The van der Waals surface area contributed by atoms with Crippen LogP contribution < -0.4 is 10.5 Å². The molecule has 0 unspecified atom stereocenters. The van der Waals surface area contributed by atoms with E-state index in [9.17, 15) is 8.42 Å². The van der Waals surface area contributed by atoms with E-state index in [0.717, 1.165) is 36.9 Å². The average molecular weight is 425 g/mol. The number of likely N-dealkylation sites (tertiary alicyclic amines) is 1. The number of rotatable bonds is 5. The van der Waals surface area contributed by atoms with Gasteiger partial charge in [-0.05, 0) is 42.7 Å². The van der Waals surface area contributed by atoms with Gasteiger partial charge in [0.25, 0.3) is 0 Å². The number of anilines is 1. The Balaban J connectivity index is 1.57. The predicted molar refractivity (Wildman–Crippen MR) is 102 cm³/mol. The molecule has 3 rings (SSSR count). The Hall–Kier alpha value is -1.48. The van der Waals surface area contributed by atoms with Crippen molar-refractivity contribution in [3.8, 4) is 0 Å². The van der Waals surface area contributed by atoms with E-state index in [1.54, 1.807) is 12.3 Å². The highest BCUT2D eigenvalue weighted by atomic mass is 79.9. The van der Waals surface area contributed by atoms with E-state index < -0.39 is 10.0 Å². The van der Waals surface area contributed by atoms with Gasteiger partial charge in [0.05, 0.1) is 0 Å². The number of aromatic nitrogens is 1. The molecular formula is C17H21BrN4O2S. The molecule has 1 aliphatic rings. The molecule has 25 heavy (non-hydrogen) atoms. The van der Waals surface area contributed by atoms with E-state index in [1.165, 1.54) is 11.6 Å². The average Bonchev–Trinajstić information content (AvgIpc) is 2.58. The fourth-order valence-corrected chi connectivity index (χ4v) is 3.92. The number of hydrogen-bond donors (Lipinski definition) is 2. The topological polar surface area (TPSA) is 88.3 Å². The first-order chi connectivity index (χ1) is 11.9. The highest BCUT2D eigenvalue weighted by molar-refractivity contribution is 9.10. The van der Waals surface area contributed by atoms with Crippen molar-refractivity contribution < 1.29 is 8.42 Å². The maximum Gasteiger partial charge on any atom is 0.241 e. The summed E-state index contributed by atoms with van der Waals surface area (Å²) in [6.45, 7) is 2.82. The summed E-state index contributed by atoms with van der Waals surface area (Å²) in [5.74, 6) is 0.344. The number of hydrogen-bond acceptors (Lipinski definition) is 5. The van der Waals surface area contributed by atoms with E-state index in [-0.39, 0.29) is 10.9 Å². The highest BCUT2D eigenvalue weighted by Gasteiger charge is 2.22. The number of piperidine rings is 1. The molecule has 1 saturated heterocycles. The van der Waals surface area contributed by atoms with Gasteiger partial charge in [0.1, 0.15) is 10.7 Å². The van der Waals surface area contributed by atoms with Crippen molar-refractivity contribution >= 4 is 31.8 Å². The standard InChI is InChI=1S/C17H21BrN4O2S/c18-14-5-3-13(4-6-14)12-22-10-7-15(8-11-22)21-17-16(25(19,23)24)2-1-9-20-17/h1-6,9,15H,7-8,10-12H2,(H,20,21)(H2,19,23,24). The van der Waals surface area contributed by atoms with Crippen LogP contribution in [0, 0.1) is 0 Å². The Kier molecular flexibility index (Phi) is 5.73. The van der Waals surface area contributed by atoms with Gasteiger partial charge in [0.15, 0.2) is 0 Å². The lowest BCUT2D eigenvalue weighted by molar-refractivity contribution is 0.211. The first-order valence-electron chi connectivity index (χ1n) is 8.13. The summed E-state index contributed by atoms with van der Waals surface area (Å²) in [6.07, 6.45) is 3.42. The number of benzene rings is 1. The number of nitrogens with one attached hydrogen (secondary N) is 1. The smallest absolute Gasteiger partial charge is 0.241 e. The Bertz CT molecular complexity index is 819. The molecule has 2 heterocycles. The molecular weight excluding hydrogens is 404 g/mol. The molecule has 0 bridgehead atoms. The van der Waals surface area contributed by atoms with Crippen LogP contribution in [0.25, 0.3) is 0 Å². The quantitative estimate of drug-likeness (QED) is 0.769. The Labute approximate surface area is 156 Å². The van der Waals surface area contributed by atoms with Gasteiger partial charge in [-0.1, -0.05) is 28.1 Å². The molecule has 1 aliphatic heterocycles. The monoisotopic (exact) mass is 424 g/mol. The number of nitrogens with zero attached hydrogens (tertiary/aromatic N) is 2. The second-order valence-electron chi connectivity index (χ2n) is 6.22. The zero-order valence-electron chi connectivity index (χ0n) is 13.7. The van der Waals surface area contributed by atoms with Gasteiger partial charge >= 0.3 is 0 Å². The lowest BCUT2D eigenvalue weighted by atomic mass is 10.0. The third kappa shape index (κ3) is 5.01. The van der Waals surface area contributed by atoms with E-state index in [2.05, 4.69) is 55.4 Å². The maximum atomic E-state index is 11.7. The van der Waals surface area contributed by atoms with Crippen LogP contribution in [0.4, 0.5) is 5.82 Å². The molecule has 0 amide bonds. The van der Waals surface area contributed by atoms with Crippen molar-refractivity contribution in [3.05, 3.63) is 52.6 Å². The summed E-state index contributed by atoms with van der Waals surface area (Å²) in [4.78, 5) is 6.60. The molecule has 2 aromatic rings. The third-order valence-corrected chi connectivity index (χ3v) is 5.80. The summed E-state index contributed by atoms with van der Waals surface area (Å²) in [5, 5.41) is 8.51. The summed E-state index contributed by atoms with van der Waals surface area (Å²) in [5.41, 5.74) is 1.29. The van der Waals surface area contributed by atoms with Crippen molar-refractivity contribution in [1.82, 2.24) is 9.88 Å². The molecule has 1 fully saturated rings. The molecule has 0 spiro atoms. The molecule has 1 aromatic heterocycles. The van der Waals surface area contributed by atoms with Crippen LogP contribution >= 0.6 is 15.9 Å². The third-order valence-electron chi connectivity index (χ3n) is 4.33. The minimum atomic E-state index is -3.78. The maximum absolute atomic E-state index is 11.7. The SMILES string of the molecule is NS(=O)(=O)c1cccnc1NC1CCN(Cc2ccc(Br)cc2)CC1.